The first-order chi connectivity index (χ1) is 28.1. The van der Waals surface area contributed by atoms with Crippen molar-refractivity contribution in [1.29, 1.82) is 0 Å². The van der Waals surface area contributed by atoms with Crippen molar-refractivity contribution < 1.29 is 33.2 Å². The van der Waals surface area contributed by atoms with Gasteiger partial charge >= 0.3 is 0 Å². The SMILES string of the molecule is [2H]c1c([2H])c([2H])c(-n2c3cc([2H])c4c(c5c([2H])c([2H])c([2H])c([2H])c5n4-c4c([2H])c([2H])c5c(oc6c([2H])c([2H])c([2H])c([2H])c65)c4[2H])c3c3c([2H])c([2H])c([2H])c([2H])c32)c([2H])c1[2H]. The lowest BCUT2D eigenvalue weighted by Gasteiger charge is -2.09. The maximum absolute atomic E-state index is 9.52. The Morgan fingerprint density at radius 1 is 0.436 bits per heavy atom. The van der Waals surface area contributed by atoms with Crippen LogP contribution >= 0.6 is 0 Å². The number of nitrogens with zero attached hydrogens (tertiary/aromatic N) is 2. The summed E-state index contributed by atoms with van der Waals surface area (Å²) in [6.07, 6.45) is 0. The largest absolute Gasteiger partial charge is 0.456 e. The molecular weight excluding hydrogens is 476 g/mol. The van der Waals surface area contributed by atoms with Gasteiger partial charge in [0.25, 0.3) is 0 Å². The maximum Gasteiger partial charge on any atom is 0.137 e. The third-order valence-electron chi connectivity index (χ3n) is 6.64. The van der Waals surface area contributed by atoms with Gasteiger partial charge in [-0.05, 0) is 54.4 Å². The first kappa shape index (κ1) is 9.18. The highest BCUT2D eigenvalue weighted by Gasteiger charge is 2.20. The summed E-state index contributed by atoms with van der Waals surface area (Å²) in [5.74, 6) is 0. The molecule has 0 unspecified atom stereocenters. The van der Waals surface area contributed by atoms with Gasteiger partial charge in [0.15, 0.2) is 0 Å². The first-order valence-corrected chi connectivity index (χ1v) is 11.6. The van der Waals surface area contributed by atoms with Gasteiger partial charge in [0.2, 0.25) is 0 Å². The molecule has 3 heteroatoms. The molecule has 0 radical (unpaired) electrons. The molecule has 3 aromatic heterocycles. The van der Waals surface area contributed by atoms with Crippen molar-refractivity contribution in [2.45, 2.75) is 0 Å². The van der Waals surface area contributed by atoms with Crippen LogP contribution in [0.1, 0.15) is 28.8 Å². The van der Waals surface area contributed by atoms with Crippen LogP contribution in [0, 0.1) is 0 Å². The van der Waals surface area contributed by atoms with Crippen LogP contribution in [0.3, 0.4) is 0 Å². The first-order valence-electron chi connectivity index (χ1n) is 22.1. The Kier molecular flexibility index (Phi) is 1.79. The molecule has 39 heavy (non-hydrogen) atoms. The Balaban J connectivity index is 1.61. The zero-order valence-electron chi connectivity index (χ0n) is 40.4. The van der Waals surface area contributed by atoms with E-state index in [1.165, 1.54) is 0 Å². The molecule has 0 amide bonds. The van der Waals surface area contributed by atoms with E-state index in [1.807, 2.05) is 0 Å². The highest BCUT2D eigenvalue weighted by Crippen LogP contribution is 2.42. The van der Waals surface area contributed by atoms with Gasteiger partial charge in [-0.25, -0.2) is 0 Å². The van der Waals surface area contributed by atoms with E-state index < -0.39 is 160 Å². The van der Waals surface area contributed by atoms with Gasteiger partial charge < -0.3 is 13.6 Å². The van der Waals surface area contributed by atoms with Crippen LogP contribution in [0.15, 0.2) is 137 Å². The zero-order valence-corrected chi connectivity index (χ0v) is 19.4. The van der Waals surface area contributed by atoms with E-state index >= 15 is 0 Å². The fourth-order valence-electron chi connectivity index (χ4n) is 5.13. The molecule has 182 valence electrons. The predicted octanol–water partition coefficient (Wildman–Crippen LogP) is 9.78. The second-order valence-electron chi connectivity index (χ2n) is 8.60. The lowest BCUT2D eigenvalue weighted by molar-refractivity contribution is 0.668. The molecule has 0 N–H and O–H groups in total. The quantitative estimate of drug-likeness (QED) is 0.223. The smallest absolute Gasteiger partial charge is 0.137 e. The van der Waals surface area contributed by atoms with E-state index in [-0.39, 0.29) is 43.4 Å². The van der Waals surface area contributed by atoms with Gasteiger partial charge in [0, 0.05) is 49.7 Å². The lowest BCUT2D eigenvalue weighted by atomic mass is 10.1. The molecule has 0 aliphatic rings. The summed E-state index contributed by atoms with van der Waals surface area (Å²) in [6.45, 7) is 0. The number of furan rings is 1. The number of aromatic nitrogens is 2. The minimum absolute atomic E-state index is 0.207. The number of rotatable bonds is 2. The van der Waals surface area contributed by atoms with E-state index in [9.17, 15) is 5.48 Å². The topological polar surface area (TPSA) is 23.0 Å². The van der Waals surface area contributed by atoms with Crippen molar-refractivity contribution in [1.82, 2.24) is 9.13 Å². The van der Waals surface area contributed by atoms with E-state index in [2.05, 4.69) is 0 Å². The minimum atomic E-state index is -0.791. The number of para-hydroxylation sites is 4. The summed E-state index contributed by atoms with van der Waals surface area (Å²) in [4.78, 5) is 0. The Morgan fingerprint density at radius 2 is 1.03 bits per heavy atom. The Bertz CT molecular complexity index is 3540. The summed E-state index contributed by atoms with van der Waals surface area (Å²) >= 11 is 0. The molecule has 0 saturated carbocycles. The van der Waals surface area contributed by atoms with E-state index in [4.69, 9.17) is 27.7 Å². The third-order valence-corrected chi connectivity index (χ3v) is 6.64. The monoisotopic (exact) mass is 519 g/mol. The summed E-state index contributed by atoms with van der Waals surface area (Å²) in [6, 6.07) is -14.1. The Hall–Kier alpha value is -5.28. The van der Waals surface area contributed by atoms with Crippen LogP contribution in [0.2, 0.25) is 0 Å². The molecule has 0 saturated heterocycles. The second-order valence-corrected chi connectivity index (χ2v) is 8.60. The van der Waals surface area contributed by atoms with Crippen LogP contribution in [0.5, 0.6) is 0 Å². The number of hydrogen-bond donors (Lipinski definition) is 0. The van der Waals surface area contributed by atoms with Gasteiger partial charge in [-0.3, -0.25) is 0 Å². The average molecular weight is 520 g/mol. The summed E-state index contributed by atoms with van der Waals surface area (Å²) < 4.78 is 192. The number of fused-ring (bicyclic) bond motifs is 10. The standard InChI is InChI=1S/C36H22N2O/c1-2-10-23(11-3-1)37-29-15-7-4-13-27(29)35-31(37)20-21-32-36(35)28-14-5-8-16-30(28)38(32)24-18-19-26-25-12-6-9-17-33(25)39-34(26)22-24/h1-22H/i1D,2D,3D,4D,5D,6D,7D,8D,9D,10D,11D,12D,13D,14D,15D,16D,17D,18D,19D,21D,22D. The number of hydrogen-bond acceptors (Lipinski definition) is 1. The second kappa shape index (κ2) is 7.62. The van der Waals surface area contributed by atoms with Crippen molar-refractivity contribution in [3.8, 4) is 11.4 Å². The van der Waals surface area contributed by atoms with E-state index in [0.29, 0.717) is 0 Å². The van der Waals surface area contributed by atoms with Gasteiger partial charge in [-0.2, -0.15) is 0 Å². The molecule has 9 rings (SSSR count). The summed E-state index contributed by atoms with van der Waals surface area (Å²) in [7, 11) is 0. The molecule has 0 aliphatic carbocycles. The zero-order chi connectivity index (χ0) is 43.8. The molecule has 0 bridgehead atoms. The highest BCUT2D eigenvalue weighted by molar-refractivity contribution is 6.29. The number of benzene rings is 6. The van der Waals surface area contributed by atoms with Gasteiger partial charge in [-0.1, -0.05) is 72.5 Å². The van der Waals surface area contributed by atoms with Crippen LogP contribution in [-0.2, 0) is 0 Å². The van der Waals surface area contributed by atoms with Crippen LogP contribution in [0.25, 0.3) is 76.9 Å². The molecule has 3 heterocycles. The normalized spacial score (nSPS) is 19.6. The lowest BCUT2D eigenvalue weighted by Crippen LogP contribution is -1.94. The average Bonchev–Trinajstić information content (AvgIpc) is 3.90. The van der Waals surface area contributed by atoms with Gasteiger partial charge in [0.05, 0.1) is 50.9 Å². The maximum atomic E-state index is 9.52. The van der Waals surface area contributed by atoms with Crippen molar-refractivity contribution in [3.05, 3.63) is 133 Å². The van der Waals surface area contributed by atoms with Crippen molar-refractivity contribution in [2.75, 3.05) is 0 Å². The summed E-state index contributed by atoms with van der Waals surface area (Å²) in [5.41, 5.74) is -3.45. The van der Waals surface area contributed by atoms with E-state index in [1.54, 1.807) is 0 Å². The fourth-order valence-corrected chi connectivity index (χ4v) is 5.13. The van der Waals surface area contributed by atoms with Gasteiger partial charge in [0.1, 0.15) is 11.2 Å². The van der Waals surface area contributed by atoms with Crippen molar-refractivity contribution >= 4 is 65.6 Å². The molecule has 6 aromatic carbocycles. The molecular formula is C36H22N2O. The molecule has 0 atom stereocenters. The Morgan fingerprint density at radius 3 is 1.79 bits per heavy atom. The predicted molar refractivity (Wildman–Crippen MR) is 162 cm³/mol. The van der Waals surface area contributed by atoms with Crippen LogP contribution in [0.4, 0.5) is 0 Å². The highest BCUT2D eigenvalue weighted by atomic mass is 16.3. The fraction of sp³-hybridized carbons (Fsp3) is 0. The van der Waals surface area contributed by atoms with Gasteiger partial charge in [-0.15, -0.1) is 0 Å². The molecule has 0 fully saturated rings. The van der Waals surface area contributed by atoms with Crippen molar-refractivity contribution in [2.24, 2.45) is 0 Å². The van der Waals surface area contributed by atoms with Crippen molar-refractivity contribution in [3.63, 3.8) is 0 Å². The molecule has 9 aromatic rings. The summed E-state index contributed by atoms with van der Waals surface area (Å²) in [5, 5.41) is -1.76. The molecule has 0 spiro atoms. The third kappa shape index (κ3) is 2.76. The van der Waals surface area contributed by atoms with Crippen LogP contribution < -0.4 is 0 Å². The Labute approximate surface area is 253 Å². The minimum Gasteiger partial charge on any atom is -0.456 e. The van der Waals surface area contributed by atoms with Crippen LogP contribution in [-0.4, -0.2) is 9.13 Å². The molecule has 0 aliphatic heterocycles. The van der Waals surface area contributed by atoms with E-state index in [0.717, 1.165) is 15.2 Å². The molecule has 3 nitrogen and oxygen atoms in total.